The van der Waals surface area contributed by atoms with E-state index in [1.54, 1.807) is 36.4 Å². The lowest BCUT2D eigenvalue weighted by Gasteiger charge is -1.98. The van der Waals surface area contributed by atoms with E-state index < -0.39 is 9.84 Å². The second-order valence-corrected chi connectivity index (χ2v) is 5.26. The van der Waals surface area contributed by atoms with Gasteiger partial charge in [0.05, 0.1) is 5.35 Å². The molecule has 2 heterocycles. The summed E-state index contributed by atoms with van der Waals surface area (Å²) in [4.78, 5) is 4.16. The van der Waals surface area contributed by atoms with Gasteiger partial charge < -0.3 is 0 Å². The first kappa shape index (κ1) is 11.5. The average Bonchev–Trinajstić information content (AvgIpc) is 2.56. The molecule has 17 heavy (non-hydrogen) atoms. The van der Waals surface area contributed by atoms with Crippen LogP contribution in [0.1, 0.15) is 5.56 Å². The van der Waals surface area contributed by atoms with Crippen LogP contribution in [0.4, 0.5) is 0 Å². The van der Waals surface area contributed by atoms with Gasteiger partial charge in [0.25, 0.3) is 0 Å². The predicted molar refractivity (Wildman–Crippen MR) is 69.0 cm³/mol. The Balaban J connectivity index is 2.91. The van der Waals surface area contributed by atoms with Crippen LogP contribution in [0.15, 0.2) is 41.8 Å². The van der Waals surface area contributed by atoms with Crippen molar-refractivity contribution in [2.24, 2.45) is 0 Å². The van der Waals surface area contributed by atoms with Crippen molar-refractivity contribution in [3.05, 3.63) is 52.9 Å². The molecule has 0 unspecified atom stereocenters. The molecule has 0 aromatic carbocycles. The van der Waals surface area contributed by atoms with Gasteiger partial charge in [0, 0.05) is 16.2 Å². The van der Waals surface area contributed by atoms with Crippen LogP contribution in [0.25, 0.3) is 18.2 Å². The highest BCUT2D eigenvalue weighted by Crippen LogP contribution is 2.21. The van der Waals surface area contributed by atoms with E-state index in [4.69, 9.17) is 0 Å². The first-order chi connectivity index (χ1) is 8.08. The van der Waals surface area contributed by atoms with E-state index in [0.717, 1.165) is 5.22 Å². The number of rotatable bonds is 2. The molecule has 1 aliphatic rings. The van der Waals surface area contributed by atoms with Crippen molar-refractivity contribution in [1.82, 2.24) is 4.98 Å². The van der Waals surface area contributed by atoms with Gasteiger partial charge in [-0.25, -0.2) is 13.4 Å². The van der Waals surface area contributed by atoms with Crippen LogP contribution in [0.5, 0.6) is 0 Å². The van der Waals surface area contributed by atoms with Gasteiger partial charge in [-0.15, -0.1) is 0 Å². The fraction of sp³-hybridized carbons (Fsp3) is 0. The van der Waals surface area contributed by atoms with Gasteiger partial charge in [0.15, 0.2) is 5.03 Å². The maximum atomic E-state index is 11.7. The van der Waals surface area contributed by atoms with Gasteiger partial charge in [-0.2, -0.15) is 0 Å². The minimum atomic E-state index is -3.36. The lowest BCUT2D eigenvalue weighted by Crippen LogP contribution is -2.29. The third-order valence-corrected chi connectivity index (χ3v) is 3.71. The summed E-state index contributed by atoms with van der Waals surface area (Å²) in [7, 11) is -3.36. The Kier molecular flexibility index (Phi) is 2.81. The van der Waals surface area contributed by atoms with Crippen LogP contribution in [-0.2, 0) is 9.84 Å². The van der Waals surface area contributed by atoms with Crippen LogP contribution < -0.4 is 10.6 Å². The quantitative estimate of drug-likeness (QED) is 0.773. The Morgan fingerprint density at radius 1 is 1.18 bits per heavy atom. The minimum Gasteiger partial charge on any atom is -0.235 e. The van der Waals surface area contributed by atoms with Gasteiger partial charge in [0.1, 0.15) is 0 Å². The summed E-state index contributed by atoms with van der Waals surface area (Å²) in [5, 5.41) is 2.66. The number of pyridine rings is 1. The molecule has 0 N–H and O–H groups in total. The second kappa shape index (κ2) is 4.14. The summed E-state index contributed by atoms with van der Waals surface area (Å²) < 4.78 is 23.3. The molecule has 0 spiro atoms. The summed E-state index contributed by atoms with van der Waals surface area (Å²) in [6, 6.07) is 1.78. The molecule has 0 amide bonds. The molecule has 0 atom stereocenters. The van der Waals surface area contributed by atoms with Crippen molar-refractivity contribution in [2.45, 2.75) is 5.03 Å². The lowest BCUT2D eigenvalue weighted by molar-refractivity contribution is 0.601. The third kappa shape index (κ3) is 1.99. The molecule has 0 aliphatic carbocycles. The summed E-state index contributed by atoms with van der Waals surface area (Å²) in [5.74, 6) is 0. The van der Waals surface area contributed by atoms with E-state index >= 15 is 0 Å². The van der Waals surface area contributed by atoms with E-state index in [1.165, 1.54) is 5.41 Å². The minimum absolute atomic E-state index is 0.104. The van der Waals surface area contributed by atoms with Crippen molar-refractivity contribution in [3.63, 3.8) is 0 Å². The summed E-state index contributed by atoms with van der Waals surface area (Å²) in [5.41, 5.74) is 0.610. The third-order valence-electron chi connectivity index (χ3n) is 2.35. The van der Waals surface area contributed by atoms with Crippen LogP contribution in [-0.4, -0.2) is 13.4 Å². The van der Waals surface area contributed by atoms with E-state index in [9.17, 15) is 8.42 Å². The lowest BCUT2D eigenvalue weighted by atomic mass is 10.2. The molecule has 0 radical (unpaired) electrons. The standard InChI is InChI=1S/C13H11NO2S/c1-3-5-10-9-11-7-8-17(15,16)13(11)14-12(10)6-4-2/h3-9H,1-2H2/b10-5-,12-6+. The number of aromatic nitrogens is 1. The normalized spacial score (nSPS) is 18.1. The number of fused-ring (bicyclic) bond motifs is 1. The Bertz CT molecular complexity index is 740. The molecule has 1 aromatic heterocycles. The van der Waals surface area contributed by atoms with Gasteiger partial charge >= 0.3 is 0 Å². The SMILES string of the molecule is C=C/C=c1/cc2c(n/c1=C/C=C)S(=O)(=O)C=C2. The molecule has 1 aromatic rings. The number of allylic oxidation sites excluding steroid dienone is 2. The Labute approximate surface area is 99.7 Å². The molecule has 86 valence electrons. The summed E-state index contributed by atoms with van der Waals surface area (Å²) in [6.45, 7) is 7.21. The molecule has 0 bridgehead atoms. The first-order valence-electron chi connectivity index (χ1n) is 4.98. The van der Waals surface area contributed by atoms with Gasteiger partial charge in [0.2, 0.25) is 9.84 Å². The molecule has 3 nitrogen and oxygen atoms in total. The second-order valence-electron chi connectivity index (χ2n) is 3.51. The fourth-order valence-corrected chi connectivity index (χ4v) is 2.76. The molecule has 4 heteroatoms. The van der Waals surface area contributed by atoms with Crippen molar-refractivity contribution >= 4 is 28.1 Å². The van der Waals surface area contributed by atoms with Crippen LogP contribution in [0.3, 0.4) is 0 Å². The fourth-order valence-electron chi connectivity index (χ4n) is 1.62. The van der Waals surface area contributed by atoms with Crippen molar-refractivity contribution in [1.29, 1.82) is 0 Å². The molecule has 0 fully saturated rings. The number of hydrogen-bond donors (Lipinski definition) is 0. The molecular formula is C13H11NO2S. The molecule has 2 rings (SSSR count). The van der Waals surface area contributed by atoms with E-state index in [0.29, 0.717) is 10.9 Å². The summed E-state index contributed by atoms with van der Waals surface area (Å²) in [6.07, 6.45) is 8.21. The molecule has 1 aliphatic heterocycles. The van der Waals surface area contributed by atoms with Gasteiger partial charge in [-0.3, -0.25) is 0 Å². The number of nitrogens with zero attached hydrogens (tertiary/aromatic N) is 1. The van der Waals surface area contributed by atoms with E-state index in [2.05, 4.69) is 18.1 Å². The molecule has 0 saturated carbocycles. The smallest absolute Gasteiger partial charge is 0.217 e. The zero-order valence-electron chi connectivity index (χ0n) is 9.13. The Morgan fingerprint density at radius 3 is 2.53 bits per heavy atom. The van der Waals surface area contributed by atoms with Crippen LogP contribution >= 0.6 is 0 Å². The highest BCUT2D eigenvalue weighted by molar-refractivity contribution is 7.94. The maximum absolute atomic E-state index is 11.7. The highest BCUT2D eigenvalue weighted by Gasteiger charge is 2.22. The largest absolute Gasteiger partial charge is 0.235 e. The summed E-state index contributed by atoms with van der Waals surface area (Å²) >= 11 is 0. The topological polar surface area (TPSA) is 47.0 Å². The maximum Gasteiger partial charge on any atom is 0.217 e. The van der Waals surface area contributed by atoms with Crippen molar-refractivity contribution < 1.29 is 8.42 Å². The Morgan fingerprint density at radius 2 is 1.88 bits per heavy atom. The van der Waals surface area contributed by atoms with E-state index in [-0.39, 0.29) is 5.03 Å². The van der Waals surface area contributed by atoms with Crippen LogP contribution in [0, 0.1) is 0 Å². The van der Waals surface area contributed by atoms with Gasteiger partial charge in [-0.05, 0) is 18.2 Å². The van der Waals surface area contributed by atoms with Crippen molar-refractivity contribution in [2.75, 3.05) is 0 Å². The zero-order valence-corrected chi connectivity index (χ0v) is 9.94. The molecular weight excluding hydrogens is 234 g/mol. The van der Waals surface area contributed by atoms with Gasteiger partial charge in [-0.1, -0.05) is 31.4 Å². The number of hydrogen-bond acceptors (Lipinski definition) is 3. The highest BCUT2D eigenvalue weighted by atomic mass is 32.2. The molecule has 0 saturated heterocycles. The average molecular weight is 245 g/mol. The predicted octanol–water partition coefficient (Wildman–Crippen LogP) is 0.773. The first-order valence-corrected chi connectivity index (χ1v) is 6.53. The van der Waals surface area contributed by atoms with Crippen molar-refractivity contribution in [3.8, 4) is 0 Å². The zero-order chi connectivity index (χ0) is 12.5. The number of sulfone groups is 1. The van der Waals surface area contributed by atoms with E-state index in [1.807, 2.05) is 0 Å². The monoisotopic (exact) mass is 245 g/mol. The van der Waals surface area contributed by atoms with Crippen LogP contribution in [0.2, 0.25) is 0 Å². The Hall–Kier alpha value is -1.94.